The van der Waals surface area contributed by atoms with Crippen LogP contribution in [0.3, 0.4) is 0 Å². The van der Waals surface area contributed by atoms with Gasteiger partial charge in [0.1, 0.15) is 0 Å². The van der Waals surface area contributed by atoms with Gasteiger partial charge in [-0.15, -0.1) is 0 Å². The highest BCUT2D eigenvalue weighted by Crippen LogP contribution is 2.22. The summed E-state index contributed by atoms with van der Waals surface area (Å²) in [5.41, 5.74) is 1.38. The average Bonchev–Trinajstić information content (AvgIpc) is 2.62. The number of nitrogens with one attached hydrogen (secondary N) is 1. The molecule has 3 nitrogen and oxygen atoms in total. The predicted molar refractivity (Wildman–Crippen MR) is 45.6 cm³/mol. The van der Waals surface area contributed by atoms with Crippen molar-refractivity contribution in [3.63, 3.8) is 0 Å². The van der Waals surface area contributed by atoms with Crippen molar-refractivity contribution in [2.75, 3.05) is 0 Å². The van der Waals surface area contributed by atoms with E-state index < -0.39 is 5.82 Å². The van der Waals surface area contributed by atoms with Crippen molar-refractivity contribution < 1.29 is 9.50 Å². The largest absolute Gasteiger partial charge is 0.505 e. The number of benzene rings is 1. The Balaban J connectivity index is 2.49. The summed E-state index contributed by atoms with van der Waals surface area (Å²) in [4.78, 5) is 6.65. The zero-order chi connectivity index (χ0) is 9.26. The van der Waals surface area contributed by atoms with Gasteiger partial charge in [-0.1, -0.05) is 0 Å². The Hall–Kier alpha value is -1.84. The van der Waals surface area contributed by atoms with Crippen molar-refractivity contribution >= 4 is 0 Å². The monoisotopic (exact) mass is 178 g/mol. The minimum Gasteiger partial charge on any atom is -0.505 e. The Morgan fingerprint density at radius 3 is 2.85 bits per heavy atom. The maximum absolute atomic E-state index is 12.9. The second kappa shape index (κ2) is 2.90. The highest BCUT2D eigenvalue weighted by atomic mass is 19.1. The standard InChI is InChI=1S/C9H7FN2O/c10-7-3-6(1-2-9(7)13)8-4-11-5-12-8/h1-5,13H,(H,11,12). The predicted octanol–water partition coefficient (Wildman–Crippen LogP) is 1.92. The van der Waals surface area contributed by atoms with Crippen LogP contribution >= 0.6 is 0 Å². The molecule has 2 rings (SSSR count). The number of aromatic amines is 1. The number of aromatic nitrogens is 2. The zero-order valence-corrected chi connectivity index (χ0v) is 6.66. The first-order chi connectivity index (χ1) is 6.27. The molecule has 0 saturated heterocycles. The number of nitrogens with zero attached hydrogens (tertiary/aromatic N) is 1. The maximum atomic E-state index is 12.9. The van der Waals surface area contributed by atoms with E-state index in [1.807, 2.05) is 0 Å². The van der Waals surface area contributed by atoms with E-state index in [0.29, 0.717) is 5.56 Å². The molecule has 1 aromatic heterocycles. The van der Waals surface area contributed by atoms with Crippen molar-refractivity contribution in [2.24, 2.45) is 0 Å². The van der Waals surface area contributed by atoms with Crippen LogP contribution in [-0.2, 0) is 0 Å². The van der Waals surface area contributed by atoms with Crippen molar-refractivity contribution in [2.45, 2.75) is 0 Å². The number of phenols is 1. The highest BCUT2D eigenvalue weighted by Gasteiger charge is 2.03. The summed E-state index contributed by atoms with van der Waals surface area (Å²) >= 11 is 0. The molecule has 0 bridgehead atoms. The van der Waals surface area contributed by atoms with Gasteiger partial charge in [0.15, 0.2) is 11.6 Å². The molecule has 0 spiro atoms. The average molecular weight is 178 g/mol. The molecule has 2 N–H and O–H groups in total. The van der Waals surface area contributed by atoms with Crippen LogP contribution in [0.4, 0.5) is 4.39 Å². The van der Waals surface area contributed by atoms with Crippen molar-refractivity contribution in [1.82, 2.24) is 9.97 Å². The van der Waals surface area contributed by atoms with Crippen molar-refractivity contribution in [3.8, 4) is 17.0 Å². The Morgan fingerprint density at radius 2 is 2.23 bits per heavy atom. The minimum atomic E-state index is -0.632. The van der Waals surface area contributed by atoms with E-state index in [-0.39, 0.29) is 5.75 Å². The molecule has 0 aliphatic rings. The fraction of sp³-hybridized carbons (Fsp3) is 0. The lowest BCUT2D eigenvalue weighted by Crippen LogP contribution is -1.80. The SMILES string of the molecule is Oc1ccc(-c2cnc[nH]2)cc1F. The van der Waals surface area contributed by atoms with E-state index in [9.17, 15) is 4.39 Å². The summed E-state index contributed by atoms with van der Waals surface area (Å²) < 4.78 is 12.9. The summed E-state index contributed by atoms with van der Waals surface area (Å²) in [6, 6.07) is 4.18. The molecule has 0 radical (unpaired) electrons. The summed E-state index contributed by atoms with van der Waals surface area (Å²) in [7, 11) is 0. The smallest absolute Gasteiger partial charge is 0.165 e. The number of H-pyrrole nitrogens is 1. The first kappa shape index (κ1) is 7.79. The first-order valence-corrected chi connectivity index (χ1v) is 3.74. The summed E-state index contributed by atoms with van der Waals surface area (Å²) in [6.07, 6.45) is 3.10. The highest BCUT2D eigenvalue weighted by molar-refractivity contribution is 5.59. The van der Waals surface area contributed by atoms with Crippen LogP contribution in [0.15, 0.2) is 30.7 Å². The minimum absolute atomic E-state index is 0.344. The quantitative estimate of drug-likeness (QED) is 0.700. The summed E-state index contributed by atoms with van der Waals surface area (Å²) in [6.45, 7) is 0. The third-order valence-electron chi connectivity index (χ3n) is 1.76. The van der Waals surface area contributed by atoms with Crippen LogP contribution in [0.25, 0.3) is 11.3 Å². The van der Waals surface area contributed by atoms with Gasteiger partial charge < -0.3 is 10.1 Å². The molecule has 1 aromatic carbocycles. The molecule has 0 unspecified atom stereocenters. The topological polar surface area (TPSA) is 48.9 Å². The molecule has 0 saturated carbocycles. The van der Waals surface area contributed by atoms with Crippen LogP contribution in [0.5, 0.6) is 5.75 Å². The van der Waals surface area contributed by atoms with E-state index in [4.69, 9.17) is 5.11 Å². The summed E-state index contributed by atoms with van der Waals surface area (Å²) in [5.74, 6) is -0.977. The van der Waals surface area contributed by atoms with Gasteiger partial charge in [0.05, 0.1) is 18.2 Å². The van der Waals surface area contributed by atoms with Crippen LogP contribution in [0.2, 0.25) is 0 Å². The van der Waals surface area contributed by atoms with Crippen molar-refractivity contribution in [1.29, 1.82) is 0 Å². The third-order valence-corrected chi connectivity index (χ3v) is 1.76. The van der Waals surface area contributed by atoms with Gasteiger partial charge in [0.25, 0.3) is 0 Å². The number of hydrogen-bond donors (Lipinski definition) is 2. The second-order valence-electron chi connectivity index (χ2n) is 2.63. The molecular formula is C9H7FN2O. The van der Waals surface area contributed by atoms with Crippen molar-refractivity contribution in [3.05, 3.63) is 36.5 Å². The van der Waals surface area contributed by atoms with E-state index in [1.165, 1.54) is 18.5 Å². The molecule has 0 atom stereocenters. The molecule has 0 amide bonds. The molecule has 4 heteroatoms. The number of imidazole rings is 1. The Bertz CT molecular complexity index is 412. The van der Waals surface area contributed by atoms with Crippen LogP contribution in [-0.4, -0.2) is 15.1 Å². The molecule has 13 heavy (non-hydrogen) atoms. The van der Waals surface area contributed by atoms with E-state index in [1.54, 1.807) is 12.3 Å². The van der Waals surface area contributed by atoms with E-state index in [2.05, 4.69) is 9.97 Å². The summed E-state index contributed by atoms with van der Waals surface area (Å²) in [5, 5.41) is 8.94. The molecular weight excluding hydrogens is 171 g/mol. The number of phenolic OH excluding ortho intramolecular Hbond substituents is 1. The van der Waals surface area contributed by atoms with E-state index in [0.717, 1.165) is 5.69 Å². The molecule has 0 aliphatic heterocycles. The Kier molecular flexibility index (Phi) is 1.73. The maximum Gasteiger partial charge on any atom is 0.165 e. The fourth-order valence-corrected chi connectivity index (χ4v) is 1.09. The second-order valence-corrected chi connectivity index (χ2v) is 2.63. The fourth-order valence-electron chi connectivity index (χ4n) is 1.09. The molecule has 0 aliphatic carbocycles. The lowest BCUT2D eigenvalue weighted by atomic mass is 10.1. The van der Waals surface area contributed by atoms with Crippen LogP contribution < -0.4 is 0 Å². The van der Waals surface area contributed by atoms with Crippen LogP contribution in [0.1, 0.15) is 0 Å². The lowest BCUT2D eigenvalue weighted by Gasteiger charge is -1.98. The van der Waals surface area contributed by atoms with Gasteiger partial charge >= 0.3 is 0 Å². The Labute approximate surface area is 73.9 Å². The van der Waals surface area contributed by atoms with Gasteiger partial charge in [0.2, 0.25) is 0 Å². The van der Waals surface area contributed by atoms with Gasteiger partial charge in [-0.3, -0.25) is 0 Å². The first-order valence-electron chi connectivity index (χ1n) is 3.74. The molecule has 66 valence electrons. The van der Waals surface area contributed by atoms with E-state index >= 15 is 0 Å². The number of aromatic hydroxyl groups is 1. The van der Waals surface area contributed by atoms with Crippen LogP contribution in [0, 0.1) is 5.82 Å². The third kappa shape index (κ3) is 1.38. The number of hydrogen-bond acceptors (Lipinski definition) is 2. The van der Waals surface area contributed by atoms with Gasteiger partial charge in [0, 0.05) is 5.56 Å². The normalized spacial score (nSPS) is 10.2. The van der Waals surface area contributed by atoms with Gasteiger partial charge in [-0.2, -0.15) is 0 Å². The zero-order valence-electron chi connectivity index (χ0n) is 6.66. The molecule has 2 aromatic rings. The Morgan fingerprint density at radius 1 is 1.38 bits per heavy atom. The lowest BCUT2D eigenvalue weighted by molar-refractivity contribution is 0.432. The van der Waals surface area contributed by atoms with Gasteiger partial charge in [-0.05, 0) is 18.2 Å². The number of halogens is 1. The molecule has 1 heterocycles. The van der Waals surface area contributed by atoms with Gasteiger partial charge in [-0.25, -0.2) is 9.37 Å². The molecule has 0 fully saturated rings. The number of rotatable bonds is 1.